The van der Waals surface area contributed by atoms with Gasteiger partial charge in [-0.3, -0.25) is 4.79 Å². The van der Waals surface area contributed by atoms with Crippen LogP contribution in [0.3, 0.4) is 0 Å². The fourth-order valence-corrected chi connectivity index (χ4v) is 3.66. The maximum Gasteiger partial charge on any atom is 0.201 e. The molecule has 0 aliphatic heterocycles. The highest BCUT2D eigenvalue weighted by Gasteiger charge is 2.20. The van der Waals surface area contributed by atoms with Gasteiger partial charge in [0, 0.05) is 17.7 Å². The van der Waals surface area contributed by atoms with Gasteiger partial charge in [-0.05, 0) is 23.6 Å². The first kappa shape index (κ1) is 24.5. The molecule has 1 heterocycles. The van der Waals surface area contributed by atoms with Crippen LogP contribution in [0.1, 0.15) is 13.8 Å². The van der Waals surface area contributed by atoms with Gasteiger partial charge in [0.05, 0.1) is 10.9 Å². The number of fused-ring (bicyclic) bond motifs is 1. The summed E-state index contributed by atoms with van der Waals surface area (Å²) in [6.45, 7) is 3.96. The molecule has 0 bridgehead atoms. The average molecular weight is 466 g/mol. The van der Waals surface area contributed by atoms with Crippen LogP contribution in [-0.4, -0.2) is 23.9 Å². The molecule has 0 spiro atoms. The Bertz CT molecular complexity index is 1260. The molecule has 0 amide bonds. The van der Waals surface area contributed by atoms with Crippen LogP contribution < -0.4 is 15.9 Å². The normalized spacial score (nSPS) is 12.9. The van der Waals surface area contributed by atoms with Crippen LogP contribution in [-0.2, 0) is 0 Å². The number of ether oxygens (including phenoxy) is 1. The van der Waals surface area contributed by atoms with Crippen molar-refractivity contribution >= 4 is 23.4 Å². The molecule has 4 rings (SSSR count). The number of aliphatic hydroxyl groups is 1. The number of aliphatic hydroxyl groups excluding tert-OH is 1. The summed E-state index contributed by atoms with van der Waals surface area (Å²) in [5.74, 6) is 1.14. The zero-order chi connectivity index (χ0) is 22.7. The van der Waals surface area contributed by atoms with Gasteiger partial charge < -0.3 is 20.0 Å². The number of rotatable bonds is 7. The highest BCUT2D eigenvalue weighted by Crippen LogP contribution is 2.33. The number of nitrogens with two attached hydrogens (primary N) is 1. The van der Waals surface area contributed by atoms with Crippen LogP contribution in [0.15, 0.2) is 88.1 Å². The monoisotopic (exact) mass is 465 g/mol. The predicted molar refractivity (Wildman–Crippen MR) is 135 cm³/mol. The van der Waals surface area contributed by atoms with Crippen LogP contribution in [0.5, 0.6) is 5.75 Å². The highest BCUT2D eigenvalue weighted by molar-refractivity contribution is 5.89. The lowest BCUT2D eigenvalue weighted by atomic mass is 9.98. The number of hydrogen-bond acceptors (Lipinski definition) is 5. The van der Waals surface area contributed by atoms with Gasteiger partial charge in [0.1, 0.15) is 29.8 Å². The summed E-state index contributed by atoms with van der Waals surface area (Å²) >= 11 is 0. The molecule has 5 nitrogen and oxygen atoms in total. The first-order valence-electron chi connectivity index (χ1n) is 10.7. The molecule has 2 unspecified atom stereocenters. The van der Waals surface area contributed by atoms with E-state index in [9.17, 15) is 9.90 Å². The molecule has 0 aliphatic rings. The number of halogens is 1. The summed E-state index contributed by atoms with van der Waals surface area (Å²) in [7, 11) is 0. The SMILES string of the molecule is CC(C)C(N)C(O)COc1ccc2c(=O)c(-c3ccccc3)c(-c3ccccc3)oc2c1.Cl. The Morgan fingerprint density at radius 3 is 2.15 bits per heavy atom. The van der Waals surface area contributed by atoms with Crippen LogP contribution in [0.2, 0.25) is 0 Å². The van der Waals surface area contributed by atoms with Crippen molar-refractivity contribution in [1.29, 1.82) is 0 Å². The molecule has 3 N–H and O–H groups in total. The van der Waals surface area contributed by atoms with Gasteiger partial charge in [0.2, 0.25) is 5.43 Å². The Morgan fingerprint density at radius 2 is 1.55 bits per heavy atom. The van der Waals surface area contributed by atoms with Crippen molar-refractivity contribution in [2.45, 2.75) is 26.0 Å². The smallest absolute Gasteiger partial charge is 0.201 e. The van der Waals surface area contributed by atoms with Gasteiger partial charge in [-0.25, -0.2) is 0 Å². The predicted octanol–water partition coefficient (Wildman–Crippen LogP) is 5.27. The molecule has 4 aromatic rings. The molecular formula is C27H28ClNO4. The summed E-state index contributed by atoms with van der Waals surface area (Å²) in [6, 6.07) is 23.8. The van der Waals surface area contributed by atoms with Crippen molar-refractivity contribution < 1.29 is 14.3 Å². The van der Waals surface area contributed by atoms with Crippen LogP contribution in [0, 0.1) is 5.92 Å². The molecule has 2 atom stereocenters. The molecule has 0 aliphatic carbocycles. The topological polar surface area (TPSA) is 85.7 Å². The fourth-order valence-electron chi connectivity index (χ4n) is 3.66. The molecule has 1 aromatic heterocycles. The first-order chi connectivity index (χ1) is 15.5. The quantitative estimate of drug-likeness (QED) is 0.388. The molecule has 33 heavy (non-hydrogen) atoms. The lowest BCUT2D eigenvalue weighted by molar-refractivity contribution is 0.0715. The molecule has 0 radical (unpaired) electrons. The third-order valence-electron chi connectivity index (χ3n) is 5.60. The minimum atomic E-state index is -0.793. The summed E-state index contributed by atoms with van der Waals surface area (Å²) in [6.07, 6.45) is -0.793. The van der Waals surface area contributed by atoms with Gasteiger partial charge in [-0.1, -0.05) is 74.5 Å². The van der Waals surface area contributed by atoms with Crippen molar-refractivity contribution in [3.63, 3.8) is 0 Å². The Kier molecular flexibility index (Phi) is 7.92. The van der Waals surface area contributed by atoms with E-state index in [0.29, 0.717) is 28.0 Å². The van der Waals surface area contributed by atoms with Crippen LogP contribution in [0.25, 0.3) is 33.4 Å². The van der Waals surface area contributed by atoms with Gasteiger partial charge in [0.25, 0.3) is 0 Å². The van der Waals surface area contributed by atoms with Gasteiger partial charge in [-0.15, -0.1) is 12.4 Å². The maximum absolute atomic E-state index is 13.5. The van der Waals surface area contributed by atoms with E-state index in [4.69, 9.17) is 14.9 Å². The number of benzene rings is 3. The third kappa shape index (κ3) is 5.28. The second-order valence-electron chi connectivity index (χ2n) is 8.23. The van der Waals surface area contributed by atoms with E-state index in [0.717, 1.165) is 11.1 Å². The van der Waals surface area contributed by atoms with Crippen molar-refractivity contribution in [1.82, 2.24) is 0 Å². The standard InChI is InChI=1S/C27H27NO4.ClH/c1-17(2)25(28)22(29)16-31-20-13-14-21-23(15-20)32-27(19-11-7-4-8-12-19)24(26(21)30)18-9-5-3-6-10-18;/h3-15,17,22,25,29H,16,28H2,1-2H3;1H. The zero-order valence-corrected chi connectivity index (χ0v) is 19.4. The van der Waals surface area contributed by atoms with Gasteiger partial charge >= 0.3 is 0 Å². The Balaban J connectivity index is 0.00000306. The minimum Gasteiger partial charge on any atom is -0.491 e. The summed E-state index contributed by atoms with van der Waals surface area (Å²) < 4.78 is 12.0. The largest absolute Gasteiger partial charge is 0.491 e. The van der Waals surface area contributed by atoms with Crippen molar-refractivity contribution in [3.8, 4) is 28.2 Å². The fraction of sp³-hybridized carbons (Fsp3) is 0.222. The minimum absolute atomic E-state index is 0. The summed E-state index contributed by atoms with van der Waals surface area (Å²) in [5.41, 5.74) is 8.46. The van der Waals surface area contributed by atoms with E-state index >= 15 is 0 Å². The number of hydrogen-bond donors (Lipinski definition) is 2. The molecule has 0 saturated carbocycles. The van der Waals surface area contributed by atoms with Gasteiger partial charge in [0.15, 0.2) is 0 Å². The first-order valence-corrected chi connectivity index (χ1v) is 10.7. The maximum atomic E-state index is 13.5. The molecular weight excluding hydrogens is 438 g/mol. The Hall–Kier alpha value is -3.12. The van der Waals surface area contributed by atoms with E-state index in [1.165, 1.54) is 0 Å². The van der Waals surface area contributed by atoms with E-state index in [1.807, 2.05) is 74.5 Å². The lowest BCUT2D eigenvalue weighted by Crippen LogP contribution is -2.42. The second-order valence-corrected chi connectivity index (χ2v) is 8.23. The van der Waals surface area contributed by atoms with Crippen molar-refractivity contribution in [2.24, 2.45) is 11.7 Å². The molecule has 3 aromatic carbocycles. The lowest BCUT2D eigenvalue weighted by Gasteiger charge is -2.22. The molecule has 0 fully saturated rings. The third-order valence-corrected chi connectivity index (χ3v) is 5.60. The van der Waals surface area contributed by atoms with E-state index in [-0.39, 0.29) is 36.4 Å². The average Bonchev–Trinajstić information content (AvgIpc) is 2.82. The molecule has 0 saturated heterocycles. The van der Waals surface area contributed by atoms with Crippen LogP contribution in [0.4, 0.5) is 0 Å². The van der Waals surface area contributed by atoms with Gasteiger partial charge in [-0.2, -0.15) is 0 Å². The van der Waals surface area contributed by atoms with Crippen molar-refractivity contribution in [2.75, 3.05) is 6.61 Å². The molecule has 172 valence electrons. The van der Waals surface area contributed by atoms with E-state index in [1.54, 1.807) is 18.2 Å². The molecule has 6 heteroatoms. The summed E-state index contributed by atoms with van der Waals surface area (Å²) in [5, 5.41) is 10.7. The van der Waals surface area contributed by atoms with Crippen LogP contribution >= 0.6 is 12.4 Å². The Morgan fingerprint density at radius 1 is 0.939 bits per heavy atom. The summed E-state index contributed by atoms with van der Waals surface area (Å²) in [4.78, 5) is 13.5. The Labute approximate surface area is 199 Å². The van der Waals surface area contributed by atoms with E-state index in [2.05, 4.69) is 0 Å². The highest BCUT2D eigenvalue weighted by atomic mass is 35.5. The van der Waals surface area contributed by atoms with Crippen molar-refractivity contribution in [3.05, 3.63) is 89.1 Å². The second kappa shape index (κ2) is 10.7. The van der Waals surface area contributed by atoms with E-state index < -0.39 is 6.10 Å². The zero-order valence-electron chi connectivity index (χ0n) is 18.6.